The number of morpholine rings is 1. The smallest absolute Gasteiger partial charge is 0.289 e. The normalized spacial score (nSPS) is 20.7. The maximum absolute atomic E-state index is 13.4. The third kappa shape index (κ3) is 6.15. The second-order valence-corrected chi connectivity index (χ2v) is 8.99. The third-order valence-electron chi connectivity index (χ3n) is 6.75. The molecule has 4 rings (SSSR count). The Morgan fingerprint density at radius 1 is 1.14 bits per heavy atom. The van der Waals surface area contributed by atoms with Gasteiger partial charge in [-0.05, 0) is 62.1 Å². The van der Waals surface area contributed by atoms with Crippen molar-refractivity contribution in [2.75, 3.05) is 38.2 Å². The first-order valence-corrected chi connectivity index (χ1v) is 12.5. The molecule has 0 radical (unpaired) electrons. The molecule has 2 atom stereocenters. The molecule has 2 fully saturated rings. The van der Waals surface area contributed by atoms with Crippen LogP contribution < -0.4 is 15.0 Å². The van der Waals surface area contributed by atoms with Gasteiger partial charge in [0.2, 0.25) is 5.91 Å². The van der Waals surface area contributed by atoms with Crippen LogP contribution in [0.4, 0.5) is 5.69 Å². The monoisotopic (exact) mass is 477 g/mol. The van der Waals surface area contributed by atoms with E-state index in [0.717, 1.165) is 49.2 Å². The summed E-state index contributed by atoms with van der Waals surface area (Å²) < 4.78 is 11.4. The van der Waals surface area contributed by atoms with Crippen molar-refractivity contribution in [2.45, 2.75) is 44.8 Å². The number of rotatable bonds is 9. The van der Waals surface area contributed by atoms with Gasteiger partial charge < -0.3 is 24.6 Å². The molecule has 2 aliphatic rings. The fourth-order valence-electron chi connectivity index (χ4n) is 4.86. The second-order valence-electron chi connectivity index (χ2n) is 8.99. The van der Waals surface area contributed by atoms with E-state index in [-0.39, 0.29) is 30.5 Å². The number of benzene rings is 2. The van der Waals surface area contributed by atoms with E-state index >= 15 is 0 Å². The lowest BCUT2D eigenvalue weighted by molar-refractivity contribution is -0.151. The predicted octanol–water partition coefficient (Wildman–Crippen LogP) is 3.85. The quantitative estimate of drug-likeness (QED) is 0.556. The highest BCUT2D eigenvalue weighted by molar-refractivity contribution is 5.98. The minimum Gasteiger partial charge on any atom is -0.497 e. The molecule has 1 heterocycles. The third-order valence-corrected chi connectivity index (χ3v) is 6.75. The Morgan fingerprint density at radius 3 is 2.60 bits per heavy atom. The van der Waals surface area contributed by atoms with E-state index in [2.05, 4.69) is 29.3 Å². The number of para-hydroxylation sites is 1. The minimum absolute atomic E-state index is 0.0424. The topological polar surface area (TPSA) is 71.1 Å². The molecular weight excluding hydrogens is 442 g/mol. The number of amides is 2. The van der Waals surface area contributed by atoms with Gasteiger partial charge in [0.25, 0.3) is 5.91 Å². The highest BCUT2D eigenvalue weighted by atomic mass is 16.5. The largest absolute Gasteiger partial charge is 0.497 e. The van der Waals surface area contributed by atoms with Crippen molar-refractivity contribution in [2.24, 2.45) is 0 Å². The average molecular weight is 478 g/mol. The molecule has 7 heteroatoms. The summed E-state index contributed by atoms with van der Waals surface area (Å²) in [5.41, 5.74) is 1.99. The van der Waals surface area contributed by atoms with E-state index in [0.29, 0.717) is 18.8 Å². The highest BCUT2D eigenvalue weighted by Gasteiger charge is 2.42. The Kier molecular flexibility index (Phi) is 8.29. The van der Waals surface area contributed by atoms with Crippen LogP contribution in [0.2, 0.25) is 0 Å². The Labute approximate surface area is 207 Å². The van der Waals surface area contributed by atoms with Gasteiger partial charge in [-0.15, -0.1) is 0 Å². The van der Waals surface area contributed by atoms with Gasteiger partial charge in [0.15, 0.2) is 5.76 Å². The molecule has 7 nitrogen and oxygen atoms in total. The van der Waals surface area contributed by atoms with Crippen molar-refractivity contribution in [1.82, 2.24) is 10.2 Å². The van der Waals surface area contributed by atoms with Crippen LogP contribution >= 0.6 is 0 Å². The standard InChI is InChI=1S/C28H35N3O4/c1-3-30(22-9-5-4-6-10-22)18-17-29-27(32)20-31-24-11-7-8-12-25(24)35-26(28(31)33)19-21-13-15-23(34-2)16-14-21/h4-6,9-10,13-16,19,24-25H,3,7-8,11-12,17-18,20H2,1-2H3,(H,29,32)/b26-19-. The van der Waals surface area contributed by atoms with Gasteiger partial charge in [0.05, 0.1) is 13.2 Å². The summed E-state index contributed by atoms with van der Waals surface area (Å²) in [5.74, 6) is 0.686. The number of hydrogen-bond acceptors (Lipinski definition) is 5. The first-order chi connectivity index (χ1) is 17.1. The number of hydrogen-bond donors (Lipinski definition) is 1. The fraction of sp³-hybridized carbons (Fsp3) is 0.429. The molecule has 1 saturated heterocycles. The summed E-state index contributed by atoms with van der Waals surface area (Å²) in [7, 11) is 1.62. The summed E-state index contributed by atoms with van der Waals surface area (Å²) in [6.45, 7) is 4.22. The van der Waals surface area contributed by atoms with Crippen molar-refractivity contribution < 1.29 is 19.1 Å². The van der Waals surface area contributed by atoms with Gasteiger partial charge in [-0.1, -0.05) is 36.8 Å². The van der Waals surface area contributed by atoms with Crippen molar-refractivity contribution in [3.63, 3.8) is 0 Å². The Morgan fingerprint density at radius 2 is 1.89 bits per heavy atom. The molecule has 35 heavy (non-hydrogen) atoms. The first kappa shape index (κ1) is 24.6. The second kappa shape index (κ2) is 11.8. The number of ether oxygens (including phenoxy) is 2. The van der Waals surface area contributed by atoms with Gasteiger partial charge in [0, 0.05) is 25.3 Å². The zero-order chi connectivity index (χ0) is 24.6. The number of carbonyl (C=O) groups is 2. The summed E-state index contributed by atoms with van der Waals surface area (Å²) in [6, 6.07) is 17.6. The molecule has 2 unspecified atom stereocenters. The Bertz CT molecular complexity index is 1020. The number of fused-ring (bicyclic) bond motifs is 1. The highest BCUT2D eigenvalue weighted by Crippen LogP contribution is 2.33. The SMILES string of the molecule is CCN(CCNC(=O)CN1C(=O)/C(=C/c2ccc(OC)cc2)OC2CCCCC21)c1ccccc1. The zero-order valence-corrected chi connectivity index (χ0v) is 20.6. The van der Waals surface area contributed by atoms with Crippen LogP contribution in [0.5, 0.6) is 5.75 Å². The summed E-state index contributed by atoms with van der Waals surface area (Å²) in [6.07, 6.45) is 5.53. The molecule has 2 amide bonds. The molecular formula is C28H35N3O4. The van der Waals surface area contributed by atoms with Crippen LogP contribution in [-0.2, 0) is 14.3 Å². The van der Waals surface area contributed by atoms with Crippen LogP contribution in [0.15, 0.2) is 60.4 Å². The van der Waals surface area contributed by atoms with E-state index in [1.165, 1.54) is 0 Å². The Balaban J connectivity index is 1.40. The summed E-state index contributed by atoms with van der Waals surface area (Å²) in [5, 5.41) is 3.01. The predicted molar refractivity (Wildman–Crippen MR) is 137 cm³/mol. The molecule has 1 aliphatic heterocycles. The van der Waals surface area contributed by atoms with Crippen LogP contribution in [-0.4, -0.2) is 62.1 Å². The maximum Gasteiger partial charge on any atom is 0.289 e. The van der Waals surface area contributed by atoms with Crippen molar-refractivity contribution in [3.05, 3.63) is 65.9 Å². The molecule has 0 spiro atoms. The van der Waals surface area contributed by atoms with Crippen molar-refractivity contribution >= 4 is 23.6 Å². The number of likely N-dealkylation sites (N-methyl/N-ethyl adjacent to an activating group) is 1. The maximum atomic E-state index is 13.4. The van der Waals surface area contributed by atoms with Crippen molar-refractivity contribution in [3.8, 4) is 5.75 Å². The molecule has 186 valence electrons. The van der Waals surface area contributed by atoms with E-state index in [9.17, 15) is 9.59 Å². The number of methoxy groups -OCH3 is 1. The molecule has 1 saturated carbocycles. The Hall–Kier alpha value is -3.48. The van der Waals surface area contributed by atoms with Crippen LogP contribution in [0.3, 0.4) is 0 Å². The van der Waals surface area contributed by atoms with E-state index in [1.54, 1.807) is 18.1 Å². The van der Waals surface area contributed by atoms with Gasteiger partial charge >= 0.3 is 0 Å². The van der Waals surface area contributed by atoms with Crippen LogP contribution in [0, 0.1) is 0 Å². The van der Waals surface area contributed by atoms with Crippen LogP contribution in [0.25, 0.3) is 6.08 Å². The van der Waals surface area contributed by atoms with Crippen LogP contribution in [0.1, 0.15) is 38.2 Å². The van der Waals surface area contributed by atoms with Gasteiger partial charge in [-0.25, -0.2) is 0 Å². The van der Waals surface area contributed by atoms with Crippen molar-refractivity contribution in [1.29, 1.82) is 0 Å². The van der Waals surface area contributed by atoms with E-state index < -0.39 is 0 Å². The number of carbonyl (C=O) groups excluding carboxylic acids is 2. The number of anilines is 1. The number of nitrogens with zero attached hydrogens (tertiary/aromatic N) is 2. The lowest BCUT2D eigenvalue weighted by Crippen LogP contribution is -2.57. The van der Waals surface area contributed by atoms with E-state index in [4.69, 9.17) is 9.47 Å². The fourth-order valence-corrected chi connectivity index (χ4v) is 4.86. The van der Waals surface area contributed by atoms with Gasteiger partial charge in [-0.3, -0.25) is 9.59 Å². The number of nitrogens with one attached hydrogen (secondary N) is 1. The molecule has 2 aromatic carbocycles. The molecule has 2 aromatic rings. The summed E-state index contributed by atoms with van der Waals surface area (Å²) in [4.78, 5) is 30.2. The first-order valence-electron chi connectivity index (χ1n) is 12.5. The molecule has 0 bridgehead atoms. The van der Waals surface area contributed by atoms with Gasteiger partial charge in [-0.2, -0.15) is 0 Å². The zero-order valence-electron chi connectivity index (χ0n) is 20.6. The van der Waals surface area contributed by atoms with Gasteiger partial charge in [0.1, 0.15) is 18.4 Å². The molecule has 1 N–H and O–H groups in total. The average Bonchev–Trinajstić information content (AvgIpc) is 2.90. The molecule has 1 aliphatic carbocycles. The minimum atomic E-state index is -0.224. The molecule has 0 aromatic heterocycles. The lowest BCUT2D eigenvalue weighted by Gasteiger charge is -2.44. The summed E-state index contributed by atoms with van der Waals surface area (Å²) >= 11 is 0. The van der Waals surface area contributed by atoms with E-state index in [1.807, 2.05) is 42.5 Å². The lowest BCUT2D eigenvalue weighted by atomic mass is 9.89.